The van der Waals surface area contributed by atoms with E-state index in [0.717, 1.165) is 38.3 Å². The third-order valence-electron chi connectivity index (χ3n) is 3.92. The minimum atomic E-state index is -0.282. The highest BCUT2D eigenvalue weighted by Gasteiger charge is 2.20. The molecule has 1 N–H and O–H groups in total. The lowest BCUT2D eigenvalue weighted by Crippen LogP contribution is -2.47. The lowest BCUT2D eigenvalue weighted by Gasteiger charge is -2.34. The molecule has 1 fully saturated rings. The maximum atomic E-state index is 9.44. The van der Waals surface area contributed by atoms with Gasteiger partial charge in [-0.05, 0) is 19.1 Å². The molecule has 1 aliphatic rings. The van der Waals surface area contributed by atoms with Crippen LogP contribution in [0.3, 0.4) is 0 Å². The molecule has 1 aromatic heterocycles. The van der Waals surface area contributed by atoms with E-state index in [1.165, 1.54) is 0 Å². The number of β-amino-alcohol motifs (C(OH)–C–C–N with tert-alkyl or cyclic N) is 1. The van der Waals surface area contributed by atoms with E-state index in [4.69, 9.17) is 16.0 Å². The number of rotatable bonds is 5. The van der Waals surface area contributed by atoms with Gasteiger partial charge in [0.25, 0.3) is 0 Å². The van der Waals surface area contributed by atoms with Crippen molar-refractivity contribution in [3.05, 3.63) is 35.2 Å². The average Bonchev–Trinajstić information content (AvgIpc) is 2.97. The molecule has 0 saturated carbocycles. The van der Waals surface area contributed by atoms with E-state index in [-0.39, 0.29) is 6.10 Å². The van der Waals surface area contributed by atoms with Crippen molar-refractivity contribution in [1.82, 2.24) is 20.0 Å². The van der Waals surface area contributed by atoms with Crippen LogP contribution in [0.4, 0.5) is 0 Å². The second-order valence-electron chi connectivity index (χ2n) is 5.91. The number of hydrogen-bond donors (Lipinski definition) is 1. The van der Waals surface area contributed by atoms with Gasteiger partial charge in [0.05, 0.1) is 23.2 Å². The zero-order valence-corrected chi connectivity index (χ0v) is 13.9. The normalized spacial score (nSPS) is 18.2. The summed E-state index contributed by atoms with van der Waals surface area (Å²) in [4.78, 5) is 4.55. The van der Waals surface area contributed by atoms with Gasteiger partial charge in [0, 0.05) is 32.7 Å². The fraction of sp³-hybridized carbons (Fsp3) is 0.500. The summed E-state index contributed by atoms with van der Waals surface area (Å²) in [6.07, 6.45) is -0.282. The molecule has 0 radical (unpaired) electrons. The predicted molar refractivity (Wildman–Crippen MR) is 88.1 cm³/mol. The van der Waals surface area contributed by atoms with Gasteiger partial charge in [-0.3, -0.25) is 9.80 Å². The molecule has 1 aliphatic heterocycles. The summed E-state index contributed by atoms with van der Waals surface area (Å²) < 4.78 is 5.74. The van der Waals surface area contributed by atoms with E-state index in [2.05, 4.69) is 20.0 Å². The van der Waals surface area contributed by atoms with Gasteiger partial charge in [0.2, 0.25) is 11.8 Å². The first-order chi connectivity index (χ1) is 11.1. The van der Waals surface area contributed by atoms with E-state index in [9.17, 15) is 5.11 Å². The number of nitrogens with zero attached hydrogens (tertiary/aromatic N) is 4. The van der Waals surface area contributed by atoms with E-state index >= 15 is 0 Å². The van der Waals surface area contributed by atoms with Crippen LogP contribution in [0.5, 0.6) is 0 Å². The van der Waals surface area contributed by atoms with Crippen molar-refractivity contribution in [1.29, 1.82) is 0 Å². The van der Waals surface area contributed by atoms with Crippen LogP contribution in [0.1, 0.15) is 12.8 Å². The first-order valence-electron chi connectivity index (χ1n) is 7.82. The Morgan fingerprint density at radius 2 is 1.87 bits per heavy atom. The van der Waals surface area contributed by atoms with Crippen LogP contribution in [0, 0.1) is 0 Å². The molecule has 6 nitrogen and oxygen atoms in total. The molecular weight excluding hydrogens is 316 g/mol. The lowest BCUT2D eigenvalue weighted by molar-refractivity contribution is 0.0747. The van der Waals surface area contributed by atoms with Crippen molar-refractivity contribution < 1.29 is 9.52 Å². The molecule has 2 heterocycles. The summed E-state index contributed by atoms with van der Waals surface area (Å²) in [7, 11) is 0. The fourth-order valence-electron chi connectivity index (χ4n) is 2.76. The van der Waals surface area contributed by atoms with Crippen molar-refractivity contribution in [2.75, 3.05) is 32.7 Å². The predicted octanol–water partition coefficient (Wildman–Crippen LogP) is 1.89. The van der Waals surface area contributed by atoms with E-state index in [0.29, 0.717) is 23.3 Å². The molecule has 1 unspecified atom stereocenters. The highest BCUT2D eigenvalue weighted by molar-refractivity contribution is 6.33. The molecular formula is C16H21ClN4O2. The van der Waals surface area contributed by atoms with Gasteiger partial charge in [0.1, 0.15) is 0 Å². The third-order valence-corrected chi connectivity index (χ3v) is 4.25. The van der Waals surface area contributed by atoms with E-state index in [1.54, 1.807) is 0 Å². The maximum absolute atomic E-state index is 9.44. The van der Waals surface area contributed by atoms with Crippen LogP contribution in [0.15, 0.2) is 28.7 Å². The molecule has 7 heteroatoms. The molecule has 1 saturated heterocycles. The molecule has 2 aromatic rings. The molecule has 3 rings (SSSR count). The Morgan fingerprint density at radius 3 is 2.57 bits per heavy atom. The second-order valence-corrected chi connectivity index (χ2v) is 6.31. The molecule has 0 aliphatic carbocycles. The summed E-state index contributed by atoms with van der Waals surface area (Å²) in [6.45, 7) is 6.92. The van der Waals surface area contributed by atoms with Crippen LogP contribution in [0.25, 0.3) is 11.5 Å². The Labute approximate surface area is 140 Å². The van der Waals surface area contributed by atoms with Crippen molar-refractivity contribution in [3.8, 4) is 11.5 Å². The first kappa shape index (κ1) is 16.4. The Kier molecular flexibility index (Phi) is 5.27. The zero-order valence-electron chi connectivity index (χ0n) is 13.2. The summed E-state index contributed by atoms with van der Waals surface area (Å²) in [5, 5.41) is 18.3. The minimum Gasteiger partial charge on any atom is -0.419 e. The number of aromatic nitrogens is 2. The van der Waals surface area contributed by atoms with Crippen LogP contribution in [-0.4, -0.2) is 63.9 Å². The average molecular weight is 337 g/mol. The molecule has 124 valence electrons. The number of benzene rings is 1. The standard InChI is InChI=1S/C16H21ClN4O2/c1-12(22)10-20-6-8-21(9-7-20)11-15-18-19-16(23-15)13-4-2-3-5-14(13)17/h2-5,12,22H,6-11H2,1H3. The van der Waals surface area contributed by atoms with Crippen molar-refractivity contribution in [2.24, 2.45) is 0 Å². The van der Waals surface area contributed by atoms with Crippen LogP contribution < -0.4 is 0 Å². The van der Waals surface area contributed by atoms with Crippen molar-refractivity contribution in [2.45, 2.75) is 19.6 Å². The van der Waals surface area contributed by atoms with Crippen molar-refractivity contribution >= 4 is 11.6 Å². The molecule has 0 amide bonds. The lowest BCUT2D eigenvalue weighted by atomic mass is 10.2. The number of aliphatic hydroxyl groups excluding tert-OH is 1. The molecule has 1 atom stereocenters. The Morgan fingerprint density at radius 1 is 1.17 bits per heavy atom. The number of aliphatic hydroxyl groups is 1. The van der Waals surface area contributed by atoms with Gasteiger partial charge in [-0.1, -0.05) is 23.7 Å². The SMILES string of the molecule is CC(O)CN1CCN(Cc2nnc(-c3ccccc3Cl)o2)CC1. The Hall–Kier alpha value is -1.47. The van der Waals surface area contributed by atoms with E-state index in [1.807, 2.05) is 31.2 Å². The van der Waals surface area contributed by atoms with Crippen LogP contribution in [0.2, 0.25) is 5.02 Å². The van der Waals surface area contributed by atoms with Gasteiger partial charge in [0.15, 0.2) is 0 Å². The van der Waals surface area contributed by atoms with Crippen molar-refractivity contribution in [3.63, 3.8) is 0 Å². The van der Waals surface area contributed by atoms with Crippen LogP contribution >= 0.6 is 11.6 Å². The van der Waals surface area contributed by atoms with E-state index < -0.39 is 0 Å². The monoisotopic (exact) mass is 336 g/mol. The van der Waals surface area contributed by atoms with Gasteiger partial charge >= 0.3 is 0 Å². The molecule has 0 spiro atoms. The van der Waals surface area contributed by atoms with Gasteiger partial charge in [-0.2, -0.15) is 0 Å². The topological polar surface area (TPSA) is 65.6 Å². The second kappa shape index (κ2) is 7.40. The van der Waals surface area contributed by atoms with Gasteiger partial charge in [-0.25, -0.2) is 0 Å². The number of halogens is 1. The fourth-order valence-corrected chi connectivity index (χ4v) is 2.97. The maximum Gasteiger partial charge on any atom is 0.249 e. The highest BCUT2D eigenvalue weighted by Crippen LogP contribution is 2.26. The Bertz CT molecular complexity index is 639. The summed E-state index contributed by atoms with van der Waals surface area (Å²) >= 11 is 6.15. The zero-order chi connectivity index (χ0) is 16.2. The van der Waals surface area contributed by atoms with Gasteiger partial charge in [-0.15, -0.1) is 10.2 Å². The number of piperazine rings is 1. The highest BCUT2D eigenvalue weighted by atomic mass is 35.5. The summed E-state index contributed by atoms with van der Waals surface area (Å²) in [5.74, 6) is 1.06. The van der Waals surface area contributed by atoms with Gasteiger partial charge < -0.3 is 9.52 Å². The third kappa shape index (κ3) is 4.29. The molecule has 1 aromatic carbocycles. The summed E-state index contributed by atoms with van der Waals surface area (Å²) in [6, 6.07) is 7.44. The largest absolute Gasteiger partial charge is 0.419 e. The quantitative estimate of drug-likeness (QED) is 0.899. The molecule has 0 bridgehead atoms. The summed E-state index contributed by atoms with van der Waals surface area (Å²) in [5.41, 5.74) is 0.759. The minimum absolute atomic E-state index is 0.282. The Balaban J connectivity index is 1.57. The molecule has 23 heavy (non-hydrogen) atoms. The number of hydrogen-bond acceptors (Lipinski definition) is 6. The van der Waals surface area contributed by atoms with Crippen LogP contribution in [-0.2, 0) is 6.54 Å². The first-order valence-corrected chi connectivity index (χ1v) is 8.19. The smallest absolute Gasteiger partial charge is 0.249 e.